The molecule has 0 aromatic heterocycles. The molecule has 1 fully saturated rings. The van der Waals surface area contributed by atoms with Crippen LogP contribution in [0.25, 0.3) is 0 Å². The molecule has 2 rings (SSSR count). The Balaban J connectivity index is 2.10. The second-order valence-corrected chi connectivity index (χ2v) is 5.16. The van der Waals surface area contributed by atoms with Gasteiger partial charge in [0, 0.05) is 0 Å². The monoisotopic (exact) mass is 278 g/mol. The van der Waals surface area contributed by atoms with Gasteiger partial charge < -0.3 is 20.8 Å². The minimum atomic E-state index is -1.11. The maximum Gasteiger partial charge on any atom is 0.335 e. The number of piperidine rings is 1. The Morgan fingerprint density at radius 2 is 2.15 bits per heavy atom. The molecule has 1 aromatic carbocycles. The standard InChI is InChI=1S/C14H18N2O4/c1-8-4-5-15-11(6-8)13(18)16-10-7-9(14(19)20)2-3-12(10)17/h2-3,7-8,11,15,17H,4-6H2,1H3,(H,16,18)(H,19,20). The molecule has 2 unspecified atom stereocenters. The van der Waals surface area contributed by atoms with Crippen LogP contribution < -0.4 is 10.6 Å². The van der Waals surface area contributed by atoms with Crippen molar-refractivity contribution in [2.24, 2.45) is 5.92 Å². The van der Waals surface area contributed by atoms with Gasteiger partial charge in [-0.05, 0) is 43.5 Å². The maximum absolute atomic E-state index is 12.1. The van der Waals surface area contributed by atoms with E-state index in [0.29, 0.717) is 5.92 Å². The average Bonchev–Trinajstić information content (AvgIpc) is 2.41. The van der Waals surface area contributed by atoms with E-state index in [2.05, 4.69) is 17.6 Å². The summed E-state index contributed by atoms with van der Waals surface area (Å²) in [4.78, 5) is 23.0. The molecule has 0 bridgehead atoms. The van der Waals surface area contributed by atoms with Gasteiger partial charge in [0.15, 0.2) is 0 Å². The van der Waals surface area contributed by atoms with Crippen LogP contribution in [0.2, 0.25) is 0 Å². The van der Waals surface area contributed by atoms with Crippen molar-refractivity contribution in [3.05, 3.63) is 23.8 Å². The predicted octanol–water partition coefficient (Wildman–Crippen LogP) is 1.42. The lowest BCUT2D eigenvalue weighted by Gasteiger charge is -2.27. The van der Waals surface area contributed by atoms with E-state index in [1.54, 1.807) is 0 Å². The Kier molecular flexibility index (Phi) is 4.24. The van der Waals surface area contributed by atoms with Gasteiger partial charge in [-0.15, -0.1) is 0 Å². The Morgan fingerprint density at radius 3 is 2.80 bits per heavy atom. The van der Waals surface area contributed by atoms with Gasteiger partial charge in [-0.2, -0.15) is 0 Å². The number of benzene rings is 1. The van der Waals surface area contributed by atoms with E-state index < -0.39 is 5.97 Å². The fraction of sp³-hybridized carbons (Fsp3) is 0.429. The molecular weight excluding hydrogens is 260 g/mol. The highest BCUT2D eigenvalue weighted by Crippen LogP contribution is 2.25. The number of amides is 1. The first-order chi connectivity index (χ1) is 9.47. The zero-order chi connectivity index (χ0) is 14.7. The maximum atomic E-state index is 12.1. The molecule has 1 amide bonds. The van der Waals surface area contributed by atoms with Crippen LogP contribution in [0.15, 0.2) is 18.2 Å². The van der Waals surface area contributed by atoms with Crippen LogP contribution in [0.4, 0.5) is 5.69 Å². The summed E-state index contributed by atoms with van der Waals surface area (Å²) in [5.41, 5.74) is 0.137. The molecule has 0 radical (unpaired) electrons. The lowest BCUT2D eigenvalue weighted by Crippen LogP contribution is -2.45. The number of hydrogen-bond donors (Lipinski definition) is 4. The molecule has 1 heterocycles. The van der Waals surface area contributed by atoms with E-state index in [1.807, 2.05) is 0 Å². The topological polar surface area (TPSA) is 98.7 Å². The molecule has 1 aliphatic rings. The molecule has 6 heteroatoms. The molecule has 6 nitrogen and oxygen atoms in total. The summed E-state index contributed by atoms with van der Waals surface area (Å²) in [6, 6.07) is 3.48. The lowest BCUT2D eigenvalue weighted by atomic mass is 9.94. The second-order valence-electron chi connectivity index (χ2n) is 5.16. The number of aromatic carboxylic acids is 1. The van der Waals surface area contributed by atoms with E-state index >= 15 is 0 Å². The zero-order valence-electron chi connectivity index (χ0n) is 11.2. The van der Waals surface area contributed by atoms with Crippen molar-refractivity contribution in [2.45, 2.75) is 25.8 Å². The number of carboxylic acid groups (broad SMARTS) is 1. The summed E-state index contributed by atoms with van der Waals surface area (Å²) in [5.74, 6) is -1.04. The van der Waals surface area contributed by atoms with E-state index in [0.717, 1.165) is 19.4 Å². The molecule has 0 aliphatic carbocycles. The first-order valence-corrected chi connectivity index (χ1v) is 6.58. The van der Waals surface area contributed by atoms with Gasteiger partial charge in [0.2, 0.25) is 5.91 Å². The number of aromatic hydroxyl groups is 1. The highest BCUT2D eigenvalue weighted by atomic mass is 16.4. The predicted molar refractivity (Wildman–Crippen MR) is 73.9 cm³/mol. The van der Waals surface area contributed by atoms with Crippen molar-refractivity contribution in [1.29, 1.82) is 0 Å². The molecule has 1 aliphatic heterocycles. The highest BCUT2D eigenvalue weighted by molar-refractivity contribution is 5.98. The van der Waals surface area contributed by atoms with Crippen LogP contribution in [0.5, 0.6) is 5.75 Å². The van der Waals surface area contributed by atoms with E-state index in [1.165, 1.54) is 18.2 Å². The van der Waals surface area contributed by atoms with Crippen LogP contribution in [0, 0.1) is 5.92 Å². The number of hydrogen-bond acceptors (Lipinski definition) is 4. The number of anilines is 1. The second kappa shape index (κ2) is 5.92. The number of carbonyl (C=O) groups excluding carboxylic acids is 1. The smallest absolute Gasteiger partial charge is 0.335 e. The fourth-order valence-corrected chi connectivity index (χ4v) is 2.30. The van der Waals surface area contributed by atoms with Crippen LogP contribution >= 0.6 is 0 Å². The van der Waals surface area contributed by atoms with Crippen molar-refractivity contribution in [3.8, 4) is 5.75 Å². The Hall–Kier alpha value is -2.08. The number of carboxylic acids is 1. The summed E-state index contributed by atoms with van der Waals surface area (Å²) >= 11 is 0. The third-order valence-corrected chi connectivity index (χ3v) is 3.48. The molecule has 2 atom stereocenters. The minimum absolute atomic E-state index is 0.0167. The number of carbonyl (C=O) groups is 2. The molecule has 1 saturated heterocycles. The van der Waals surface area contributed by atoms with E-state index in [-0.39, 0.29) is 28.9 Å². The van der Waals surface area contributed by atoms with Crippen molar-refractivity contribution in [2.75, 3.05) is 11.9 Å². The van der Waals surface area contributed by atoms with Gasteiger partial charge in [0.25, 0.3) is 0 Å². The SMILES string of the molecule is CC1CCNC(C(=O)Nc2cc(C(=O)O)ccc2O)C1. The van der Waals surface area contributed by atoms with E-state index in [4.69, 9.17) is 5.11 Å². The Labute approximate surface area is 116 Å². The van der Waals surface area contributed by atoms with Gasteiger partial charge in [-0.1, -0.05) is 6.92 Å². The zero-order valence-corrected chi connectivity index (χ0v) is 11.2. The number of rotatable bonds is 3. The van der Waals surface area contributed by atoms with Crippen molar-refractivity contribution in [3.63, 3.8) is 0 Å². The van der Waals surface area contributed by atoms with Gasteiger partial charge in [0.05, 0.1) is 17.3 Å². The molecule has 0 saturated carbocycles. The number of phenols is 1. The quantitative estimate of drug-likeness (QED) is 0.627. The lowest BCUT2D eigenvalue weighted by molar-refractivity contribution is -0.119. The third kappa shape index (κ3) is 3.27. The summed E-state index contributed by atoms with van der Waals surface area (Å²) < 4.78 is 0. The fourth-order valence-electron chi connectivity index (χ4n) is 2.30. The summed E-state index contributed by atoms with van der Waals surface area (Å²) in [5, 5.41) is 24.3. The largest absolute Gasteiger partial charge is 0.506 e. The summed E-state index contributed by atoms with van der Waals surface area (Å²) in [7, 11) is 0. The van der Waals surface area contributed by atoms with Gasteiger partial charge >= 0.3 is 5.97 Å². The van der Waals surface area contributed by atoms with Crippen molar-refractivity contribution < 1.29 is 19.8 Å². The first kappa shape index (κ1) is 14.3. The Morgan fingerprint density at radius 1 is 1.40 bits per heavy atom. The first-order valence-electron chi connectivity index (χ1n) is 6.58. The van der Waals surface area contributed by atoms with E-state index in [9.17, 15) is 14.7 Å². The van der Waals surface area contributed by atoms with Crippen molar-refractivity contribution in [1.82, 2.24) is 5.32 Å². The molecule has 4 N–H and O–H groups in total. The number of nitrogens with one attached hydrogen (secondary N) is 2. The number of phenolic OH excluding ortho intramolecular Hbond substituents is 1. The molecule has 1 aromatic rings. The van der Waals surface area contributed by atoms with Crippen LogP contribution in [-0.2, 0) is 4.79 Å². The highest BCUT2D eigenvalue weighted by Gasteiger charge is 2.25. The van der Waals surface area contributed by atoms with Gasteiger partial charge in [-0.25, -0.2) is 4.79 Å². The normalized spacial score (nSPS) is 22.2. The molecule has 0 spiro atoms. The van der Waals surface area contributed by atoms with Gasteiger partial charge in [-0.3, -0.25) is 4.79 Å². The molecule has 20 heavy (non-hydrogen) atoms. The molecular formula is C14H18N2O4. The minimum Gasteiger partial charge on any atom is -0.506 e. The van der Waals surface area contributed by atoms with Crippen molar-refractivity contribution >= 4 is 17.6 Å². The average molecular weight is 278 g/mol. The summed E-state index contributed by atoms with van der Waals surface area (Å²) in [6.07, 6.45) is 1.76. The molecule has 108 valence electrons. The summed E-state index contributed by atoms with van der Waals surface area (Å²) in [6.45, 7) is 2.87. The third-order valence-electron chi connectivity index (χ3n) is 3.48. The van der Waals surface area contributed by atoms with Crippen LogP contribution in [0.1, 0.15) is 30.1 Å². The van der Waals surface area contributed by atoms with Gasteiger partial charge in [0.1, 0.15) is 5.75 Å². The van der Waals surface area contributed by atoms with Crippen LogP contribution in [-0.4, -0.2) is 34.7 Å². The Bertz CT molecular complexity index is 530. The van der Waals surface area contributed by atoms with Crippen LogP contribution in [0.3, 0.4) is 0 Å².